The molecule has 0 spiro atoms. The Hall–Kier alpha value is -1.68. The number of likely N-dealkylation sites (tertiary alicyclic amines) is 1. The van der Waals surface area contributed by atoms with Crippen LogP contribution in [-0.4, -0.2) is 28.1 Å². The molecule has 0 N–H and O–H groups in total. The molecule has 5 heteroatoms. The first-order chi connectivity index (χ1) is 11.0. The molecule has 0 bridgehead atoms. The zero-order valence-corrected chi connectivity index (χ0v) is 14.4. The third-order valence-electron chi connectivity index (χ3n) is 4.68. The molecular formula is C18H23ClN2O2. The van der Waals surface area contributed by atoms with Crippen LogP contribution in [0.2, 0.25) is 5.02 Å². The average Bonchev–Trinajstić information content (AvgIpc) is 2.54. The van der Waals surface area contributed by atoms with Crippen LogP contribution in [-0.2, 0) is 9.59 Å². The van der Waals surface area contributed by atoms with E-state index in [2.05, 4.69) is 11.6 Å². The standard InChI is InChI=1S/C18H23ClN2O2/c1-4-9-18(3)10-8-16(15-7-6-13(19)11-20-15)21(17(18)23)14(5-2)12-22/h4,6-7,11-12,14,16H,1,5,8-10H2,2-3H3. The lowest BCUT2D eigenvalue weighted by molar-refractivity contribution is -0.154. The Kier molecular flexibility index (Phi) is 5.58. The first kappa shape index (κ1) is 17.7. The highest BCUT2D eigenvalue weighted by Gasteiger charge is 2.46. The Morgan fingerprint density at radius 2 is 2.30 bits per heavy atom. The van der Waals surface area contributed by atoms with Gasteiger partial charge < -0.3 is 9.69 Å². The summed E-state index contributed by atoms with van der Waals surface area (Å²) in [6, 6.07) is 2.98. The van der Waals surface area contributed by atoms with Crippen molar-refractivity contribution in [3.63, 3.8) is 0 Å². The van der Waals surface area contributed by atoms with Gasteiger partial charge >= 0.3 is 0 Å². The molecule has 1 aromatic rings. The molecule has 2 rings (SSSR count). The van der Waals surface area contributed by atoms with Gasteiger partial charge in [0.15, 0.2) is 0 Å². The highest BCUT2D eigenvalue weighted by Crippen LogP contribution is 2.43. The zero-order chi connectivity index (χ0) is 17.0. The second-order valence-electron chi connectivity index (χ2n) is 6.33. The lowest BCUT2D eigenvalue weighted by Gasteiger charge is -2.46. The van der Waals surface area contributed by atoms with Gasteiger partial charge in [-0.1, -0.05) is 31.5 Å². The van der Waals surface area contributed by atoms with E-state index in [1.54, 1.807) is 23.2 Å². The lowest BCUT2D eigenvalue weighted by atomic mass is 9.75. The second-order valence-corrected chi connectivity index (χ2v) is 6.77. The first-order valence-corrected chi connectivity index (χ1v) is 8.35. The van der Waals surface area contributed by atoms with Crippen molar-refractivity contribution in [1.29, 1.82) is 0 Å². The summed E-state index contributed by atoms with van der Waals surface area (Å²) in [6.07, 6.45) is 6.94. The number of rotatable bonds is 6. The molecule has 1 aliphatic heterocycles. The number of nitrogens with zero attached hydrogens (tertiary/aromatic N) is 2. The van der Waals surface area contributed by atoms with Gasteiger partial charge in [-0.05, 0) is 37.8 Å². The maximum absolute atomic E-state index is 13.1. The molecule has 4 nitrogen and oxygen atoms in total. The molecule has 3 unspecified atom stereocenters. The molecule has 0 aliphatic carbocycles. The Labute approximate surface area is 142 Å². The van der Waals surface area contributed by atoms with E-state index in [4.69, 9.17) is 11.6 Å². The monoisotopic (exact) mass is 334 g/mol. The normalized spacial score (nSPS) is 26.0. The third kappa shape index (κ3) is 3.47. The van der Waals surface area contributed by atoms with Crippen molar-refractivity contribution in [2.24, 2.45) is 5.41 Å². The second kappa shape index (κ2) is 7.26. The quantitative estimate of drug-likeness (QED) is 0.584. The molecular weight excluding hydrogens is 312 g/mol. The summed E-state index contributed by atoms with van der Waals surface area (Å²) in [5.74, 6) is 0.00403. The predicted molar refractivity (Wildman–Crippen MR) is 91.1 cm³/mol. The summed E-state index contributed by atoms with van der Waals surface area (Å²) in [7, 11) is 0. The molecule has 0 saturated carbocycles. The van der Waals surface area contributed by atoms with Crippen LogP contribution in [0.15, 0.2) is 31.0 Å². The number of pyridine rings is 1. The van der Waals surface area contributed by atoms with Crippen LogP contribution < -0.4 is 0 Å². The fraction of sp³-hybridized carbons (Fsp3) is 0.500. The molecule has 3 atom stereocenters. The number of carbonyl (C=O) groups excluding carboxylic acids is 2. The van der Waals surface area contributed by atoms with Gasteiger partial charge in [0.25, 0.3) is 0 Å². The Morgan fingerprint density at radius 1 is 1.57 bits per heavy atom. The fourth-order valence-corrected chi connectivity index (χ4v) is 3.39. The topological polar surface area (TPSA) is 50.3 Å². The van der Waals surface area contributed by atoms with E-state index in [0.717, 1.165) is 24.8 Å². The van der Waals surface area contributed by atoms with E-state index in [1.807, 2.05) is 19.9 Å². The number of carbonyl (C=O) groups is 2. The van der Waals surface area contributed by atoms with Crippen LogP contribution in [0.25, 0.3) is 0 Å². The minimum atomic E-state index is -0.499. The van der Waals surface area contributed by atoms with E-state index in [9.17, 15) is 9.59 Å². The van der Waals surface area contributed by atoms with Gasteiger partial charge in [-0.25, -0.2) is 0 Å². The highest BCUT2D eigenvalue weighted by atomic mass is 35.5. The number of halogens is 1. The van der Waals surface area contributed by atoms with Crippen molar-refractivity contribution in [2.75, 3.05) is 0 Å². The summed E-state index contributed by atoms with van der Waals surface area (Å²) in [6.45, 7) is 7.63. The molecule has 0 aromatic carbocycles. The minimum absolute atomic E-state index is 0.00403. The Morgan fingerprint density at radius 3 is 2.83 bits per heavy atom. The van der Waals surface area contributed by atoms with Crippen LogP contribution in [0, 0.1) is 5.41 Å². The van der Waals surface area contributed by atoms with E-state index < -0.39 is 11.5 Å². The largest absolute Gasteiger partial charge is 0.324 e. The minimum Gasteiger partial charge on any atom is -0.324 e. The smallest absolute Gasteiger partial charge is 0.229 e. The lowest BCUT2D eigenvalue weighted by Crippen LogP contribution is -2.53. The number of piperidine rings is 1. The van der Waals surface area contributed by atoms with E-state index in [1.165, 1.54) is 0 Å². The molecule has 124 valence electrons. The van der Waals surface area contributed by atoms with Gasteiger partial charge in [0.2, 0.25) is 5.91 Å². The number of allylic oxidation sites excluding steroid dienone is 1. The van der Waals surface area contributed by atoms with Gasteiger partial charge in [0, 0.05) is 6.20 Å². The van der Waals surface area contributed by atoms with Gasteiger partial charge in [-0.2, -0.15) is 0 Å². The summed E-state index contributed by atoms with van der Waals surface area (Å²) in [5.41, 5.74) is 0.282. The molecule has 2 heterocycles. The predicted octanol–water partition coefficient (Wildman–Crippen LogP) is 3.96. The number of hydrogen-bond acceptors (Lipinski definition) is 3. The van der Waals surface area contributed by atoms with E-state index >= 15 is 0 Å². The summed E-state index contributed by atoms with van der Waals surface area (Å²) >= 11 is 5.91. The van der Waals surface area contributed by atoms with Gasteiger partial charge in [-0.15, -0.1) is 6.58 Å². The molecule has 0 radical (unpaired) electrons. The van der Waals surface area contributed by atoms with Crippen molar-refractivity contribution in [3.05, 3.63) is 41.7 Å². The van der Waals surface area contributed by atoms with Crippen LogP contribution in [0.4, 0.5) is 0 Å². The number of aldehydes is 1. The number of amides is 1. The van der Waals surface area contributed by atoms with Crippen molar-refractivity contribution in [2.45, 2.75) is 51.6 Å². The fourth-order valence-electron chi connectivity index (χ4n) is 3.28. The van der Waals surface area contributed by atoms with Crippen molar-refractivity contribution in [3.8, 4) is 0 Å². The SMILES string of the molecule is C=CCC1(C)CCC(c2ccc(Cl)cn2)N(C(C=O)CC)C1=O. The van der Waals surface area contributed by atoms with Crippen molar-refractivity contribution < 1.29 is 9.59 Å². The molecule has 1 amide bonds. The average molecular weight is 335 g/mol. The Bertz CT molecular complexity index is 587. The van der Waals surface area contributed by atoms with Crippen LogP contribution >= 0.6 is 11.6 Å². The van der Waals surface area contributed by atoms with Gasteiger partial charge in [-0.3, -0.25) is 9.78 Å². The maximum Gasteiger partial charge on any atom is 0.229 e. The van der Waals surface area contributed by atoms with Gasteiger partial charge in [0.1, 0.15) is 6.29 Å². The molecule has 1 saturated heterocycles. The van der Waals surface area contributed by atoms with E-state index in [-0.39, 0.29) is 11.9 Å². The molecule has 1 aliphatic rings. The maximum atomic E-state index is 13.1. The summed E-state index contributed by atoms with van der Waals surface area (Å²) in [4.78, 5) is 30.7. The van der Waals surface area contributed by atoms with Crippen molar-refractivity contribution in [1.82, 2.24) is 9.88 Å². The van der Waals surface area contributed by atoms with Crippen LogP contribution in [0.1, 0.15) is 51.3 Å². The zero-order valence-electron chi connectivity index (χ0n) is 13.7. The molecule has 23 heavy (non-hydrogen) atoms. The highest BCUT2D eigenvalue weighted by molar-refractivity contribution is 6.30. The van der Waals surface area contributed by atoms with Crippen molar-refractivity contribution >= 4 is 23.8 Å². The third-order valence-corrected chi connectivity index (χ3v) is 4.90. The Balaban J connectivity index is 2.41. The molecule has 1 aromatic heterocycles. The first-order valence-electron chi connectivity index (χ1n) is 7.97. The summed E-state index contributed by atoms with van der Waals surface area (Å²) < 4.78 is 0. The van der Waals surface area contributed by atoms with Gasteiger partial charge in [0.05, 0.1) is 28.2 Å². The molecule has 1 fully saturated rings. The van der Waals surface area contributed by atoms with Crippen LogP contribution in [0.5, 0.6) is 0 Å². The van der Waals surface area contributed by atoms with Crippen LogP contribution in [0.3, 0.4) is 0 Å². The number of hydrogen-bond donors (Lipinski definition) is 0. The number of aromatic nitrogens is 1. The van der Waals surface area contributed by atoms with E-state index in [0.29, 0.717) is 17.9 Å². The summed E-state index contributed by atoms with van der Waals surface area (Å²) in [5, 5.41) is 0.557.